The maximum absolute atomic E-state index is 6.20. The fourth-order valence-corrected chi connectivity index (χ4v) is 2.73. The number of ether oxygens (including phenoxy) is 2. The Kier molecular flexibility index (Phi) is 6.50. The number of nitrogens with zero attached hydrogens (tertiary/aromatic N) is 1. The normalized spacial score (nSPS) is 10.9. The van der Waals surface area contributed by atoms with Crippen LogP contribution in [-0.2, 0) is 6.61 Å². The molecule has 0 fully saturated rings. The quantitative estimate of drug-likeness (QED) is 0.446. The van der Waals surface area contributed by atoms with Crippen LogP contribution in [0.3, 0.4) is 0 Å². The molecule has 3 rings (SSSR count). The summed E-state index contributed by atoms with van der Waals surface area (Å²) in [6.45, 7) is 4.95. The minimum absolute atomic E-state index is 0.385. The molecule has 0 atom stereocenters. The zero-order chi connectivity index (χ0) is 19.1. The van der Waals surface area contributed by atoms with Crippen molar-refractivity contribution >= 4 is 23.5 Å². The Morgan fingerprint density at radius 1 is 0.926 bits per heavy atom. The summed E-state index contributed by atoms with van der Waals surface area (Å²) in [5, 5.41) is 0.692. The molecule has 0 radical (unpaired) electrons. The van der Waals surface area contributed by atoms with Gasteiger partial charge >= 0.3 is 0 Å². The smallest absolute Gasteiger partial charge is 0.161 e. The van der Waals surface area contributed by atoms with Crippen LogP contribution in [0.4, 0.5) is 5.69 Å². The predicted molar refractivity (Wildman–Crippen MR) is 112 cm³/mol. The molecular formula is C23H22ClNO2. The van der Waals surface area contributed by atoms with Gasteiger partial charge in [-0.15, -0.1) is 0 Å². The second-order valence-corrected chi connectivity index (χ2v) is 6.52. The van der Waals surface area contributed by atoms with Gasteiger partial charge in [-0.25, -0.2) is 0 Å². The van der Waals surface area contributed by atoms with Crippen molar-refractivity contribution in [2.75, 3.05) is 6.61 Å². The van der Waals surface area contributed by atoms with Crippen molar-refractivity contribution in [2.24, 2.45) is 4.99 Å². The highest BCUT2D eigenvalue weighted by Gasteiger charge is 2.08. The maximum Gasteiger partial charge on any atom is 0.161 e. The van der Waals surface area contributed by atoms with Crippen LogP contribution in [0.2, 0.25) is 5.02 Å². The third-order valence-electron chi connectivity index (χ3n) is 4.01. The van der Waals surface area contributed by atoms with Gasteiger partial charge in [0.1, 0.15) is 6.61 Å². The van der Waals surface area contributed by atoms with Gasteiger partial charge in [0.2, 0.25) is 0 Å². The lowest BCUT2D eigenvalue weighted by molar-refractivity contribution is 0.269. The largest absolute Gasteiger partial charge is 0.490 e. The highest BCUT2D eigenvalue weighted by molar-refractivity contribution is 6.31. The van der Waals surface area contributed by atoms with Crippen LogP contribution in [0.5, 0.6) is 11.5 Å². The lowest BCUT2D eigenvalue weighted by Crippen LogP contribution is -2.00. The van der Waals surface area contributed by atoms with Crippen LogP contribution in [-0.4, -0.2) is 12.8 Å². The van der Waals surface area contributed by atoms with Gasteiger partial charge in [-0.3, -0.25) is 4.99 Å². The van der Waals surface area contributed by atoms with Crippen molar-refractivity contribution < 1.29 is 9.47 Å². The van der Waals surface area contributed by atoms with E-state index in [1.165, 1.54) is 5.56 Å². The van der Waals surface area contributed by atoms with Gasteiger partial charge in [-0.05, 0) is 55.8 Å². The monoisotopic (exact) mass is 379 g/mol. The van der Waals surface area contributed by atoms with E-state index >= 15 is 0 Å². The van der Waals surface area contributed by atoms with E-state index in [-0.39, 0.29) is 0 Å². The average Bonchev–Trinajstić information content (AvgIpc) is 2.68. The zero-order valence-electron chi connectivity index (χ0n) is 15.5. The van der Waals surface area contributed by atoms with E-state index < -0.39 is 0 Å². The summed E-state index contributed by atoms with van der Waals surface area (Å²) in [7, 11) is 0. The molecule has 0 spiro atoms. The third-order valence-corrected chi connectivity index (χ3v) is 4.37. The standard InChI is InChI=1S/C23H22ClNO2/c1-3-26-23-14-18(15-25-20-11-8-17(2)9-12-20)10-13-22(23)27-16-19-6-4-5-7-21(19)24/h4-15H,3,16H2,1-2H3. The number of hydrogen-bond acceptors (Lipinski definition) is 3. The summed E-state index contributed by atoms with van der Waals surface area (Å²) in [5.74, 6) is 1.38. The van der Waals surface area contributed by atoms with Gasteiger partial charge < -0.3 is 9.47 Å². The lowest BCUT2D eigenvalue weighted by atomic mass is 10.2. The molecule has 0 aliphatic rings. The molecule has 0 N–H and O–H groups in total. The Labute approximate surface area is 165 Å². The first kappa shape index (κ1) is 19.0. The molecular weight excluding hydrogens is 358 g/mol. The summed E-state index contributed by atoms with van der Waals surface area (Å²) in [6.07, 6.45) is 1.82. The fraction of sp³-hybridized carbons (Fsp3) is 0.174. The third kappa shape index (κ3) is 5.35. The van der Waals surface area contributed by atoms with Crippen LogP contribution in [0.1, 0.15) is 23.6 Å². The molecule has 3 aromatic rings. The second kappa shape index (κ2) is 9.24. The van der Waals surface area contributed by atoms with E-state index in [2.05, 4.69) is 11.9 Å². The van der Waals surface area contributed by atoms with Gasteiger partial charge in [0.05, 0.1) is 12.3 Å². The van der Waals surface area contributed by atoms with Gasteiger partial charge in [0.15, 0.2) is 11.5 Å². The van der Waals surface area contributed by atoms with Crippen molar-refractivity contribution in [1.29, 1.82) is 0 Å². The molecule has 4 heteroatoms. The van der Waals surface area contributed by atoms with E-state index in [0.717, 1.165) is 16.8 Å². The number of aliphatic imine (C=N–C) groups is 1. The van der Waals surface area contributed by atoms with Gasteiger partial charge in [-0.2, -0.15) is 0 Å². The van der Waals surface area contributed by atoms with Crippen LogP contribution in [0.25, 0.3) is 0 Å². The van der Waals surface area contributed by atoms with E-state index in [0.29, 0.717) is 29.7 Å². The Morgan fingerprint density at radius 2 is 1.70 bits per heavy atom. The molecule has 0 aromatic heterocycles. The summed E-state index contributed by atoms with van der Waals surface area (Å²) in [5.41, 5.74) is 4.01. The predicted octanol–water partition coefficient (Wildman–Crippen LogP) is 6.38. The summed E-state index contributed by atoms with van der Waals surface area (Å²) < 4.78 is 11.7. The van der Waals surface area contributed by atoms with Crippen LogP contribution in [0, 0.1) is 6.92 Å². The van der Waals surface area contributed by atoms with Crippen molar-refractivity contribution in [1.82, 2.24) is 0 Å². The first-order chi connectivity index (χ1) is 13.2. The molecule has 27 heavy (non-hydrogen) atoms. The highest BCUT2D eigenvalue weighted by atomic mass is 35.5. The Hall–Kier alpha value is -2.78. The SMILES string of the molecule is CCOc1cc(C=Nc2ccc(C)cc2)ccc1OCc1ccccc1Cl. The van der Waals surface area contributed by atoms with Crippen molar-refractivity contribution in [3.8, 4) is 11.5 Å². The summed E-state index contributed by atoms with van der Waals surface area (Å²) >= 11 is 6.20. The van der Waals surface area contributed by atoms with Crippen molar-refractivity contribution in [3.63, 3.8) is 0 Å². The molecule has 0 unspecified atom stereocenters. The van der Waals surface area contributed by atoms with Crippen molar-refractivity contribution in [2.45, 2.75) is 20.5 Å². The molecule has 0 bridgehead atoms. The fourth-order valence-electron chi connectivity index (χ4n) is 2.54. The maximum atomic E-state index is 6.20. The van der Waals surface area contributed by atoms with E-state index in [4.69, 9.17) is 21.1 Å². The van der Waals surface area contributed by atoms with E-state index in [1.807, 2.05) is 79.9 Å². The van der Waals surface area contributed by atoms with Crippen molar-refractivity contribution in [3.05, 3.63) is 88.4 Å². The van der Waals surface area contributed by atoms with Gasteiger partial charge in [-0.1, -0.05) is 47.5 Å². The zero-order valence-corrected chi connectivity index (χ0v) is 16.2. The topological polar surface area (TPSA) is 30.8 Å². The van der Waals surface area contributed by atoms with E-state index in [1.54, 1.807) is 0 Å². The minimum atomic E-state index is 0.385. The number of aryl methyl sites for hydroxylation is 1. The molecule has 138 valence electrons. The molecule has 0 amide bonds. The number of benzene rings is 3. The molecule has 0 aliphatic carbocycles. The van der Waals surface area contributed by atoms with Gasteiger partial charge in [0, 0.05) is 16.8 Å². The summed E-state index contributed by atoms with van der Waals surface area (Å²) in [4.78, 5) is 4.51. The average molecular weight is 380 g/mol. The molecule has 3 nitrogen and oxygen atoms in total. The summed E-state index contributed by atoms with van der Waals surface area (Å²) in [6, 6.07) is 21.5. The Balaban J connectivity index is 1.75. The van der Waals surface area contributed by atoms with Crippen LogP contribution >= 0.6 is 11.6 Å². The second-order valence-electron chi connectivity index (χ2n) is 6.11. The number of hydrogen-bond donors (Lipinski definition) is 0. The minimum Gasteiger partial charge on any atom is -0.490 e. The number of rotatable bonds is 7. The first-order valence-corrected chi connectivity index (χ1v) is 9.27. The molecule has 0 aliphatic heterocycles. The lowest BCUT2D eigenvalue weighted by Gasteiger charge is -2.13. The highest BCUT2D eigenvalue weighted by Crippen LogP contribution is 2.30. The van der Waals surface area contributed by atoms with Gasteiger partial charge in [0.25, 0.3) is 0 Å². The Bertz CT molecular complexity index is 920. The molecule has 0 heterocycles. The Morgan fingerprint density at radius 3 is 2.44 bits per heavy atom. The molecule has 0 saturated heterocycles. The first-order valence-electron chi connectivity index (χ1n) is 8.89. The number of halogens is 1. The van der Waals surface area contributed by atoms with Crippen LogP contribution in [0.15, 0.2) is 71.7 Å². The molecule has 3 aromatic carbocycles. The van der Waals surface area contributed by atoms with Crippen LogP contribution < -0.4 is 9.47 Å². The molecule has 0 saturated carbocycles. The van der Waals surface area contributed by atoms with E-state index in [9.17, 15) is 0 Å².